The van der Waals surface area contributed by atoms with Gasteiger partial charge in [0.1, 0.15) is 41.7 Å². The molecule has 32 heavy (non-hydrogen) atoms. The molecule has 2 aromatic rings. The fourth-order valence-corrected chi connectivity index (χ4v) is 5.45. The number of alkyl halides is 1. The van der Waals surface area contributed by atoms with Crippen molar-refractivity contribution in [3.05, 3.63) is 46.5 Å². The van der Waals surface area contributed by atoms with Gasteiger partial charge < -0.3 is 34.6 Å². The van der Waals surface area contributed by atoms with E-state index in [1.54, 1.807) is 17.8 Å². The molecular weight excluding hydrogens is 439 g/mol. The van der Waals surface area contributed by atoms with E-state index in [1.165, 1.54) is 0 Å². The number of phenols is 1. The Kier molecular flexibility index (Phi) is 5.94. The number of aromatic hydroxyl groups is 1. The maximum atomic E-state index is 14.2. The summed E-state index contributed by atoms with van der Waals surface area (Å²) in [4.78, 5) is 1.07. The molecule has 1 fully saturated rings. The third-order valence-electron chi connectivity index (χ3n) is 6.20. The molecule has 3 heterocycles. The minimum absolute atomic E-state index is 0.0964. The second kappa shape index (κ2) is 8.72. The third-order valence-corrected chi connectivity index (χ3v) is 7.20. The van der Waals surface area contributed by atoms with E-state index in [4.69, 9.17) is 14.2 Å². The van der Waals surface area contributed by atoms with Crippen molar-refractivity contribution in [2.75, 3.05) is 25.6 Å². The number of benzene rings is 2. The topological polar surface area (TPSA) is 109 Å². The zero-order valence-corrected chi connectivity index (χ0v) is 18.1. The molecule has 0 amide bonds. The van der Waals surface area contributed by atoms with Gasteiger partial charge in [0, 0.05) is 34.6 Å². The summed E-state index contributed by atoms with van der Waals surface area (Å²) >= 11 is 1.73. The van der Waals surface area contributed by atoms with Crippen LogP contribution in [0.15, 0.2) is 29.2 Å². The summed E-state index contributed by atoms with van der Waals surface area (Å²) in [5, 5.41) is 41.0. The lowest BCUT2D eigenvalue weighted by molar-refractivity contribution is -0.214. The number of hydrogen-bond acceptors (Lipinski definition) is 8. The van der Waals surface area contributed by atoms with Crippen molar-refractivity contribution in [3.63, 3.8) is 0 Å². The minimum atomic E-state index is -1.93. The number of aliphatic hydroxyl groups is 3. The Bertz CT molecular complexity index is 1010. The van der Waals surface area contributed by atoms with Crippen molar-refractivity contribution in [1.29, 1.82) is 0 Å². The van der Waals surface area contributed by atoms with Gasteiger partial charge in [-0.15, -0.1) is 11.8 Å². The van der Waals surface area contributed by atoms with E-state index in [1.807, 2.05) is 12.1 Å². The van der Waals surface area contributed by atoms with Gasteiger partial charge in [0.15, 0.2) is 6.17 Å². The summed E-state index contributed by atoms with van der Waals surface area (Å²) in [6.45, 7) is 0.442. The number of ether oxygens (including phenoxy) is 3. The lowest BCUT2D eigenvalue weighted by Gasteiger charge is -2.39. The molecule has 7 nitrogen and oxygen atoms in total. The largest absolute Gasteiger partial charge is 0.507 e. The van der Waals surface area contributed by atoms with Crippen LogP contribution in [0.25, 0.3) is 0 Å². The van der Waals surface area contributed by atoms with E-state index < -0.39 is 37.2 Å². The van der Waals surface area contributed by atoms with Crippen molar-refractivity contribution >= 4 is 11.8 Å². The van der Waals surface area contributed by atoms with Crippen LogP contribution in [-0.4, -0.2) is 70.5 Å². The van der Waals surface area contributed by atoms with Crippen LogP contribution in [0.3, 0.4) is 0 Å². The molecule has 0 aromatic heterocycles. The summed E-state index contributed by atoms with van der Waals surface area (Å²) in [7, 11) is 0. The van der Waals surface area contributed by atoms with Gasteiger partial charge in [0.05, 0.1) is 19.8 Å². The Hall–Kier alpha value is -2.04. The first-order chi connectivity index (χ1) is 15.5. The van der Waals surface area contributed by atoms with E-state index in [0.29, 0.717) is 37.4 Å². The molecule has 0 unspecified atom stereocenters. The number of thioether (sulfide) groups is 1. The fraction of sp³-hybridized carbons (Fsp3) is 0.478. The minimum Gasteiger partial charge on any atom is -0.507 e. The van der Waals surface area contributed by atoms with Gasteiger partial charge >= 0.3 is 0 Å². The second-order valence-corrected chi connectivity index (χ2v) is 9.37. The average Bonchev–Trinajstić information content (AvgIpc) is 3.31. The Balaban J connectivity index is 1.52. The number of halogens is 1. The number of rotatable bonds is 4. The summed E-state index contributed by atoms with van der Waals surface area (Å²) in [5.41, 5.74) is 2.66. The highest BCUT2D eigenvalue weighted by Gasteiger charge is 2.46. The smallest absolute Gasteiger partial charge is 0.157 e. The highest BCUT2D eigenvalue weighted by Crippen LogP contribution is 2.46. The number of hydrogen-bond donors (Lipinski definition) is 4. The summed E-state index contributed by atoms with van der Waals surface area (Å²) in [6, 6.07) is 7.66. The van der Waals surface area contributed by atoms with Crippen LogP contribution >= 0.6 is 11.8 Å². The van der Waals surface area contributed by atoms with Crippen LogP contribution in [-0.2, 0) is 17.6 Å². The highest BCUT2D eigenvalue weighted by molar-refractivity contribution is 7.99. The number of phenolic OH excluding ortho intramolecular Hbond substituents is 1. The van der Waals surface area contributed by atoms with Crippen LogP contribution < -0.4 is 9.47 Å². The Morgan fingerprint density at radius 2 is 1.94 bits per heavy atom. The maximum Gasteiger partial charge on any atom is 0.157 e. The Labute approximate surface area is 188 Å². The Morgan fingerprint density at radius 1 is 1.09 bits per heavy atom. The van der Waals surface area contributed by atoms with Crippen LogP contribution in [0.5, 0.6) is 17.2 Å². The normalized spacial score (nSPS) is 29.1. The first kappa shape index (κ1) is 21.8. The molecule has 0 radical (unpaired) electrons. The van der Waals surface area contributed by atoms with Crippen molar-refractivity contribution in [2.45, 2.75) is 48.3 Å². The lowest BCUT2D eigenvalue weighted by Crippen LogP contribution is -2.53. The standard InChI is InChI=1S/C23H25FO7S/c24-18-16(10-25)31-23(21(28)20(18)27)14-9-12(22-13(19(14)26)3-4-30-22)7-11-1-2-15-17(8-11)32-6-5-29-15/h1-2,8-9,16,18,20-21,23,25-28H,3-7,10H2/t16-,18-,20+,21-,23+/m1/s1. The molecule has 5 atom stereocenters. The molecule has 0 bridgehead atoms. The average molecular weight is 465 g/mol. The van der Waals surface area contributed by atoms with Gasteiger partial charge in [-0.25, -0.2) is 4.39 Å². The quantitative estimate of drug-likeness (QED) is 0.544. The van der Waals surface area contributed by atoms with Crippen LogP contribution in [0.4, 0.5) is 4.39 Å². The molecule has 2 aromatic carbocycles. The summed E-state index contributed by atoms with van der Waals surface area (Å²) < 4.78 is 31.3. The van der Waals surface area contributed by atoms with E-state index in [0.717, 1.165) is 27.5 Å². The molecule has 3 aliphatic rings. The summed E-state index contributed by atoms with van der Waals surface area (Å²) in [6.07, 6.45) is -6.77. The molecule has 0 aliphatic carbocycles. The van der Waals surface area contributed by atoms with E-state index >= 15 is 0 Å². The number of fused-ring (bicyclic) bond motifs is 2. The predicted octanol–water partition coefficient (Wildman–Crippen LogP) is 1.89. The molecule has 4 N–H and O–H groups in total. The van der Waals surface area contributed by atoms with Gasteiger partial charge in [-0.2, -0.15) is 0 Å². The van der Waals surface area contributed by atoms with Crippen molar-refractivity contribution in [3.8, 4) is 17.2 Å². The van der Waals surface area contributed by atoms with Crippen LogP contribution in [0.1, 0.15) is 28.4 Å². The van der Waals surface area contributed by atoms with Gasteiger partial charge in [0.25, 0.3) is 0 Å². The van der Waals surface area contributed by atoms with Crippen molar-refractivity contribution < 1.29 is 39.0 Å². The fourth-order valence-electron chi connectivity index (χ4n) is 4.56. The molecule has 1 saturated heterocycles. The van der Waals surface area contributed by atoms with Crippen molar-refractivity contribution in [1.82, 2.24) is 0 Å². The van der Waals surface area contributed by atoms with E-state index in [2.05, 4.69) is 6.07 Å². The molecule has 0 saturated carbocycles. The predicted molar refractivity (Wildman–Crippen MR) is 114 cm³/mol. The maximum absolute atomic E-state index is 14.2. The highest BCUT2D eigenvalue weighted by atomic mass is 32.2. The first-order valence-electron chi connectivity index (χ1n) is 10.6. The molecule has 9 heteroatoms. The van der Waals surface area contributed by atoms with Gasteiger partial charge in [-0.1, -0.05) is 6.07 Å². The van der Waals surface area contributed by atoms with Crippen LogP contribution in [0, 0.1) is 0 Å². The molecule has 172 valence electrons. The molecular formula is C23H25FO7S. The zero-order chi connectivity index (χ0) is 22.4. The SMILES string of the molecule is OC[C@H]1O[C@@H](c2cc(Cc3ccc4c(c3)SCCO4)c3c(c2O)CCO3)[C@H](O)[C@@H](O)[C@@H]1F. The number of aliphatic hydroxyl groups excluding tert-OH is 3. The summed E-state index contributed by atoms with van der Waals surface area (Å²) in [5.74, 6) is 2.25. The van der Waals surface area contributed by atoms with Gasteiger partial charge in [-0.05, 0) is 29.3 Å². The second-order valence-electron chi connectivity index (χ2n) is 8.24. The van der Waals surface area contributed by atoms with Crippen LogP contribution in [0.2, 0.25) is 0 Å². The van der Waals surface area contributed by atoms with Crippen molar-refractivity contribution in [2.24, 2.45) is 0 Å². The van der Waals surface area contributed by atoms with E-state index in [9.17, 15) is 24.8 Å². The van der Waals surface area contributed by atoms with Gasteiger partial charge in [-0.3, -0.25) is 0 Å². The van der Waals surface area contributed by atoms with Gasteiger partial charge in [0.2, 0.25) is 0 Å². The third kappa shape index (κ3) is 3.72. The molecule has 5 rings (SSSR count). The molecule has 0 spiro atoms. The lowest BCUT2D eigenvalue weighted by atomic mass is 9.88. The zero-order valence-electron chi connectivity index (χ0n) is 17.2. The Morgan fingerprint density at radius 3 is 2.75 bits per heavy atom. The monoisotopic (exact) mass is 464 g/mol. The molecule has 3 aliphatic heterocycles. The first-order valence-corrected chi connectivity index (χ1v) is 11.6. The van der Waals surface area contributed by atoms with E-state index in [-0.39, 0.29) is 11.3 Å².